The molecule has 0 bridgehead atoms. The third-order valence-electron chi connectivity index (χ3n) is 3.54. The van der Waals surface area contributed by atoms with Crippen molar-refractivity contribution in [3.8, 4) is 0 Å². The lowest BCUT2D eigenvalue weighted by Gasteiger charge is -2.09. The Kier molecular flexibility index (Phi) is 3.90. The second-order valence-electron chi connectivity index (χ2n) is 5.12. The molecule has 1 N–H and O–H groups in total. The number of hydrogen-bond donors (Lipinski definition) is 1. The Bertz CT molecular complexity index is 1070. The van der Waals surface area contributed by atoms with E-state index in [0.29, 0.717) is 11.3 Å². The summed E-state index contributed by atoms with van der Waals surface area (Å²) in [6.07, 6.45) is 2.72. The van der Waals surface area contributed by atoms with Gasteiger partial charge in [-0.25, -0.2) is 14.8 Å². The van der Waals surface area contributed by atoms with Gasteiger partial charge >= 0.3 is 5.69 Å². The van der Waals surface area contributed by atoms with Crippen molar-refractivity contribution in [1.29, 1.82) is 0 Å². The van der Waals surface area contributed by atoms with Crippen LogP contribution in [0.4, 0.5) is 5.69 Å². The first-order valence-electron chi connectivity index (χ1n) is 6.87. The standard InChI is InChI=1S/C15H12ClN5O3/c1-20-12-10(14(23)21(2)15(20)24)5-9(7-18-12)19-13(22)8-3-4-11(16)17-6-8/h3-7H,1-2H3,(H,19,22). The maximum absolute atomic E-state index is 12.2. The Hall–Kier alpha value is -3.00. The zero-order valence-electron chi connectivity index (χ0n) is 12.8. The van der Waals surface area contributed by atoms with Crippen molar-refractivity contribution < 1.29 is 4.79 Å². The normalized spacial score (nSPS) is 10.8. The lowest BCUT2D eigenvalue weighted by atomic mass is 10.2. The van der Waals surface area contributed by atoms with Gasteiger partial charge in [-0.1, -0.05) is 11.6 Å². The van der Waals surface area contributed by atoms with Crippen LogP contribution in [0.2, 0.25) is 5.15 Å². The number of carbonyl (C=O) groups is 1. The summed E-state index contributed by atoms with van der Waals surface area (Å²) < 4.78 is 2.25. The summed E-state index contributed by atoms with van der Waals surface area (Å²) in [7, 11) is 2.91. The predicted octanol–water partition coefficient (Wildman–Crippen LogP) is 0.933. The van der Waals surface area contributed by atoms with Crippen LogP contribution in [-0.4, -0.2) is 25.0 Å². The van der Waals surface area contributed by atoms with Gasteiger partial charge in [0.05, 0.1) is 22.8 Å². The van der Waals surface area contributed by atoms with E-state index in [9.17, 15) is 14.4 Å². The van der Waals surface area contributed by atoms with E-state index in [-0.39, 0.29) is 16.2 Å². The highest BCUT2D eigenvalue weighted by molar-refractivity contribution is 6.29. The molecule has 0 saturated carbocycles. The van der Waals surface area contributed by atoms with Crippen molar-refractivity contribution in [3.05, 3.63) is 62.1 Å². The number of carbonyl (C=O) groups excluding carboxylic acids is 1. The number of aromatic nitrogens is 4. The number of hydrogen-bond acceptors (Lipinski definition) is 5. The van der Waals surface area contributed by atoms with Gasteiger partial charge in [-0.15, -0.1) is 0 Å². The summed E-state index contributed by atoms with van der Waals surface area (Å²) in [6, 6.07) is 4.51. The van der Waals surface area contributed by atoms with Crippen molar-refractivity contribution in [2.75, 3.05) is 5.32 Å². The predicted molar refractivity (Wildman–Crippen MR) is 89.4 cm³/mol. The Balaban J connectivity index is 2.02. The number of nitrogens with zero attached hydrogens (tertiary/aromatic N) is 4. The zero-order chi connectivity index (χ0) is 17.4. The van der Waals surface area contributed by atoms with E-state index in [2.05, 4.69) is 15.3 Å². The highest BCUT2D eigenvalue weighted by atomic mass is 35.5. The molecule has 3 aromatic heterocycles. The molecule has 0 aliphatic heterocycles. The summed E-state index contributed by atoms with van der Waals surface area (Å²) in [5, 5.41) is 3.14. The molecular weight excluding hydrogens is 334 g/mol. The van der Waals surface area contributed by atoms with Crippen LogP contribution in [0.15, 0.2) is 40.2 Å². The van der Waals surface area contributed by atoms with Crippen LogP contribution in [0.1, 0.15) is 10.4 Å². The molecule has 0 fully saturated rings. The number of nitrogens with one attached hydrogen (secondary N) is 1. The van der Waals surface area contributed by atoms with Gasteiger partial charge in [0.2, 0.25) is 0 Å². The molecule has 0 aliphatic carbocycles. The van der Waals surface area contributed by atoms with Gasteiger partial charge in [-0.3, -0.25) is 18.7 Å². The Morgan fingerprint density at radius 3 is 2.54 bits per heavy atom. The maximum atomic E-state index is 12.2. The third kappa shape index (κ3) is 2.67. The summed E-state index contributed by atoms with van der Waals surface area (Å²) in [5.41, 5.74) is -0.0609. The zero-order valence-corrected chi connectivity index (χ0v) is 13.5. The minimum absolute atomic E-state index is 0.228. The highest BCUT2D eigenvalue weighted by Crippen LogP contribution is 2.13. The largest absolute Gasteiger partial charge is 0.332 e. The molecule has 122 valence electrons. The van der Waals surface area contributed by atoms with Crippen molar-refractivity contribution >= 4 is 34.2 Å². The molecule has 0 unspecified atom stereocenters. The van der Waals surface area contributed by atoms with Crippen molar-refractivity contribution in [2.45, 2.75) is 0 Å². The molecule has 0 aromatic carbocycles. The minimum atomic E-state index is -0.482. The van der Waals surface area contributed by atoms with E-state index < -0.39 is 17.2 Å². The summed E-state index contributed by atoms with van der Waals surface area (Å²) in [6.45, 7) is 0. The fraction of sp³-hybridized carbons (Fsp3) is 0.133. The third-order valence-corrected chi connectivity index (χ3v) is 3.76. The summed E-state index contributed by atoms with van der Waals surface area (Å²) in [5.74, 6) is -0.415. The van der Waals surface area contributed by atoms with E-state index in [1.165, 1.54) is 49.3 Å². The molecule has 0 radical (unpaired) electrons. The van der Waals surface area contributed by atoms with E-state index in [1.807, 2.05) is 0 Å². The number of anilines is 1. The van der Waals surface area contributed by atoms with Gasteiger partial charge in [0.25, 0.3) is 11.5 Å². The number of aryl methyl sites for hydroxylation is 1. The number of pyridine rings is 2. The number of fused-ring (bicyclic) bond motifs is 1. The molecule has 3 heterocycles. The van der Waals surface area contributed by atoms with E-state index in [1.54, 1.807) is 0 Å². The van der Waals surface area contributed by atoms with Crippen molar-refractivity contribution in [2.24, 2.45) is 14.1 Å². The van der Waals surface area contributed by atoms with Crippen LogP contribution in [0.5, 0.6) is 0 Å². The van der Waals surface area contributed by atoms with E-state index in [4.69, 9.17) is 11.6 Å². The second-order valence-corrected chi connectivity index (χ2v) is 5.51. The highest BCUT2D eigenvalue weighted by Gasteiger charge is 2.12. The molecular formula is C15H12ClN5O3. The van der Waals surface area contributed by atoms with E-state index in [0.717, 1.165) is 4.57 Å². The molecule has 24 heavy (non-hydrogen) atoms. The Morgan fingerprint density at radius 2 is 1.88 bits per heavy atom. The van der Waals surface area contributed by atoms with Crippen molar-refractivity contribution in [1.82, 2.24) is 19.1 Å². The topological polar surface area (TPSA) is 98.9 Å². The molecule has 0 atom stereocenters. The average molecular weight is 346 g/mol. The monoisotopic (exact) mass is 345 g/mol. The van der Waals surface area contributed by atoms with Crippen molar-refractivity contribution in [3.63, 3.8) is 0 Å². The fourth-order valence-corrected chi connectivity index (χ4v) is 2.36. The molecule has 0 aliphatic rings. The van der Waals surface area contributed by atoms with Gasteiger partial charge in [0.1, 0.15) is 10.8 Å². The van der Waals surface area contributed by atoms with Gasteiger partial charge in [-0.2, -0.15) is 0 Å². The molecule has 9 heteroatoms. The summed E-state index contributed by atoms with van der Waals surface area (Å²) in [4.78, 5) is 44.2. The van der Waals surface area contributed by atoms with Crippen LogP contribution < -0.4 is 16.6 Å². The quantitative estimate of drug-likeness (QED) is 0.697. The van der Waals surface area contributed by atoms with Crippen LogP contribution in [-0.2, 0) is 14.1 Å². The van der Waals surface area contributed by atoms with Crippen LogP contribution in [0.25, 0.3) is 11.0 Å². The molecule has 0 spiro atoms. The summed E-state index contributed by atoms with van der Waals surface area (Å²) >= 11 is 5.68. The average Bonchev–Trinajstić information content (AvgIpc) is 2.58. The first-order chi connectivity index (χ1) is 11.4. The van der Waals surface area contributed by atoms with Crippen LogP contribution in [0, 0.1) is 0 Å². The second kappa shape index (κ2) is 5.89. The molecule has 0 saturated heterocycles. The van der Waals surface area contributed by atoms with E-state index >= 15 is 0 Å². The fourth-order valence-electron chi connectivity index (χ4n) is 2.25. The Labute approximate surface area is 140 Å². The first kappa shape index (κ1) is 15.9. The SMILES string of the molecule is Cn1c(=O)c2cc(NC(=O)c3ccc(Cl)nc3)cnc2n(C)c1=O. The van der Waals surface area contributed by atoms with Crippen LogP contribution in [0.3, 0.4) is 0 Å². The molecule has 3 aromatic rings. The van der Waals surface area contributed by atoms with Gasteiger partial charge in [0.15, 0.2) is 0 Å². The maximum Gasteiger partial charge on any atom is 0.332 e. The molecule has 8 nitrogen and oxygen atoms in total. The van der Waals surface area contributed by atoms with Gasteiger partial charge in [-0.05, 0) is 18.2 Å². The Morgan fingerprint density at radius 1 is 1.12 bits per heavy atom. The lowest BCUT2D eigenvalue weighted by Crippen LogP contribution is -2.37. The number of rotatable bonds is 2. The lowest BCUT2D eigenvalue weighted by molar-refractivity contribution is 0.102. The molecule has 1 amide bonds. The smallest absolute Gasteiger partial charge is 0.321 e. The van der Waals surface area contributed by atoms with Gasteiger partial charge < -0.3 is 5.32 Å². The number of amides is 1. The first-order valence-corrected chi connectivity index (χ1v) is 7.25. The van der Waals surface area contributed by atoms with Crippen LogP contribution >= 0.6 is 11.6 Å². The number of halogens is 1. The minimum Gasteiger partial charge on any atom is -0.321 e. The van der Waals surface area contributed by atoms with Gasteiger partial charge in [0, 0.05) is 20.3 Å². The molecule has 3 rings (SSSR count).